The van der Waals surface area contributed by atoms with Crippen LogP contribution in [0.5, 0.6) is 0 Å². The van der Waals surface area contributed by atoms with Gasteiger partial charge in [-0.2, -0.15) is 0 Å². The van der Waals surface area contributed by atoms with Gasteiger partial charge in [0.15, 0.2) is 0 Å². The van der Waals surface area contributed by atoms with Crippen LogP contribution in [-0.4, -0.2) is 5.91 Å². The summed E-state index contributed by atoms with van der Waals surface area (Å²) in [5, 5.41) is 3.84. The maximum absolute atomic E-state index is 11.3. The SMILES string of the molecule is CC(Cl)=CC(=O)Nc1ccc(Cl)c(Cl)c1. The third-order valence-corrected chi connectivity index (χ3v) is 2.37. The predicted molar refractivity (Wildman–Crippen MR) is 64.7 cm³/mol. The summed E-state index contributed by atoms with van der Waals surface area (Å²) in [5.74, 6) is -0.305. The van der Waals surface area contributed by atoms with E-state index >= 15 is 0 Å². The van der Waals surface area contributed by atoms with Crippen LogP contribution >= 0.6 is 34.8 Å². The van der Waals surface area contributed by atoms with Crippen molar-refractivity contribution in [3.8, 4) is 0 Å². The molecule has 0 aromatic heterocycles. The fourth-order valence-electron chi connectivity index (χ4n) is 0.933. The maximum Gasteiger partial charge on any atom is 0.249 e. The molecule has 0 fully saturated rings. The first-order valence-corrected chi connectivity index (χ1v) is 5.22. The van der Waals surface area contributed by atoms with Gasteiger partial charge in [0, 0.05) is 16.8 Å². The number of halogens is 3. The van der Waals surface area contributed by atoms with Crippen LogP contribution in [0.25, 0.3) is 0 Å². The van der Waals surface area contributed by atoms with Crippen molar-refractivity contribution < 1.29 is 4.79 Å². The average Bonchev–Trinajstić information content (AvgIpc) is 2.10. The molecular formula is C10H8Cl3NO. The molecule has 1 aromatic carbocycles. The minimum Gasteiger partial charge on any atom is -0.322 e. The van der Waals surface area contributed by atoms with Crippen LogP contribution in [0.2, 0.25) is 10.0 Å². The molecule has 0 atom stereocenters. The fourth-order valence-corrected chi connectivity index (χ4v) is 1.33. The Balaban J connectivity index is 2.78. The molecule has 1 N–H and O–H groups in total. The van der Waals surface area contributed by atoms with Gasteiger partial charge in [-0.05, 0) is 25.1 Å². The first-order chi connectivity index (χ1) is 6.99. The minimum absolute atomic E-state index is 0.305. The van der Waals surface area contributed by atoms with Crippen molar-refractivity contribution >= 4 is 46.4 Å². The highest BCUT2D eigenvalue weighted by molar-refractivity contribution is 6.42. The molecule has 0 spiro atoms. The fraction of sp³-hybridized carbons (Fsp3) is 0.100. The lowest BCUT2D eigenvalue weighted by Crippen LogP contribution is -2.07. The topological polar surface area (TPSA) is 29.1 Å². The molecule has 1 aromatic rings. The molecule has 0 aliphatic carbocycles. The van der Waals surface area contributed by atoms with Crippen LogP contribution in [0.1, 0.15) is 6.92 Å². The number of amides is 1. The average molecular weight is 265 g/mol. The summed E-state index contributed by atoms with van der Waals surface area (Å²) in [6, 6.07) is 4.83. The molecule has 15 heavy (non-hydrogen) atoms. The predicted octanol–water partition coefficient (Wildman–Crippen LogP) is 4.07. The Morgan fingerprint density at radius 3 is 2.53 bits per heavy atom. The molecule has 0 heterocycles. The summed E-state index contributed by atoms with van der Waals surface area (Å²) in [7, 11) is 0. The molecule has 0 bridgehead atoms. The van der Waals surface area contributed by atoms with Gasteiger partial charge >= 0.3 is 0 Å². The number of nitrogens with one attached hydrogen (secondary N) is 1. The van der Waals surface area contributed by atoms with Gasteiger partial charge in [0.25, 0.3) is 0 Å². The summed E-state index contributed by atoms with van der Waals surface area (Å²) in [5.41, 5.74) is 0.573. The number of benzene rings is 1. The number of carbonyl (C=O) groups is 1. The van der Waals surface area contributed by atoms with Gasteiger partial charge in [0.05, 0.1) is 10.0 Å². The number of carbonyl (C=O) groups excluding carboxylic acids is 1. The molecule has 0 saturated heterocycles. The number of allylic oxidation sites excluding steroid dienone is 1. The quantitative estimate of drug-likeness (QED) is 0.801. The van der Waals surface area contributed by atoms with Gasteiger partial charge in [-0.15, -0.1) is 0 Å². The molecule has 1 rings (SSSR count). The summed E-state index contributed by atoms with van der Waals surface area (Å²) in [6.45, 7) is 1.62. The normalized spacial score (nSPS) is 11.3. The molecule has 0 aliphatic heterocycles. The Morgan fingerprint density at radius 1 is 1.33 bits per heavy atom. The Morgan fingerprint density at radius 2 is 2.00 bits per heavy atom. The zero-order valence-corrected chi connectivity index (χ0v) is 10.1. The van der Waals surface area contributed by atoms with E-state index in [0.29, 0.717) is 20.8 Å². The first-order valence-electron chi connectivity index (χ1n) is 4.09. The molecule has 80 valence electrons. The molecule has 5 heteroatoms. The zero-order chi connectivity index (χ0) is 11.4. The molecule has 0 radical (unpaired) electrons. The van der Waals surface area contributed by atoms with E-state index in [0.717, 1.165) is 0 Å². The van der Waals surface area contributed by atoms with Gasteiger partial charge in [-0.1, -0.05) is 34.8 Å². The number of anilines is 1. The van der Waals surface area contributed by atoms with Gasteiger partial charge in [-0.25, -0.2) is 0 Å². The van der Waals surface area contributed by atoms with Crippen molar-refractivity contribution in [3.63, 3.8) is 0 Å². The van der Waals surface area contributed by atoms with Crippen molar-refractivity contribution in [2.24, 2.45) is 0 Å². The summed E-state index contributed by atoms with van der Waals surface area (Å²) >= 11 is 17.1. The van der Waals surface area contributed by atoms with E-state index in [4.69, 9.17) is 34.8 Å². The summed E-state index contributed by atoms with van der Waals surface area (Å²) in [4.78, 5) is 11.3. The van der Waals surface area contributed by atoms with Crippen molar-refractivity contribution in [2.45, 2.75) is 6.92 Å². The standard InChI is InChI=1S/C10H8Cl3NO/c1-6(11)4-10(15)14-7-2-3-8(12)9(13)5-7/h2-5H,1H3,(H,14,15). The lowest BCUT2D eigenvalue weighted by Gasteiger charge is -2.03. The van der Waals surface area contributed by atoms with Gasteiger partial charge < -0.3 is 5.32 Å². The highest BCUT2D eigenvalue weighted by Crippen LogP contribution is 2.24. The maximum atomic E-state index is 11.3. The van der Waals surface area contributed by atoms with E-state index in [2.05, 4.69) is 5.32 Å². The second-order valence-corrected chi connectivity index (χ2v) is 4.26. The van der Waals surface area contributed by atoms with E-state index in [-0.39, 0.29) is 5.91 Å². The number of rotatable bonds is 2. The van der Waals surface area contributed by atoms with Crippen LogP contribution < -0.4 is 5.32 Å². The van der Waals surface area contributed by atoms with Crippen LogP contribution in [-0.2, 0) is 4.79 Å². The monoisotopic (exact) mass is 263 g/mol. The van der Waals surface area contributed by atoms with Crippen molar-refractivity contribution in [1.82, 2.24) is 0 Å². The first kappa shape index (κ1) is 12.4. The second kappa shape index (κ2) is 5.40. The van der Waals surface area contributed by atoms with E-state index < -0.39 is 0 Å². The molecule has 0 unspecified atom stereocenters. The van der Waals surface area contributed by atoms with Crippen LogP contribution in [0.3, 0.4) is 0 Å². The molecule has 2 nitrogen and oxygen atoms in total. The second-order valence-electron chi connectivity index (χ2n) is 2.85. The van der Waals surface area contributed by atoms with Crippen molar-refractivity contribution in [2.75, 3.05) is 5.32 Å². The smallest absolute Gasteiger partial charge is 0.249 e. The van der Waals surface area contributed by atoms with Crippen LogP contribution in [0.4, 0.5) is 5.69 Å². The number of hydrogen-bond donors (Lipinski definition) is 1. The Bertz CT molecular complexity index is 411. The largest absolute Gasteiger partial charge is 0.322 e. The minimum atomic E-state index is -0.305. The summed E-state index contributed by atoms with van der Waals surface area (Å²) in [6.07, 6.45) is 1.28. The van der Waals surface area contributed by atoms with Gasteiger partial charge in [0.2, 0.25) is 5.91 Å². The van der Waals surface area contributed by atoms with Gasteiger partial charge in [0.1, 0.15) is 0 Å². The third kappa shape index (κ3) is 4.12. The van der Waals surface area contributed by atoms with E-state index in [9.17, 15) is 4.79 Å². The van der Waals surface area contributed by atoms with Crippen LogP contribution in [0.15, 0.2) is 29.3 Å². The van der Waals surface area contributed by atoms with Gasteiger partial charge in [-0.3, -0.25) is 4.79 Å². The van der Waals surface area contributed by atoms with Crippen molar-refractivity contribution in [1.29, 1.82) is 0 Å². The highest BCUT2D eigenvalue weighted by atomic mass is 35.5. The molecule has 1 amide bonds. The van der Waals surface area contributed by atoms with E-state index in [1.54, 1.807) is 25.1 Å². The Kier molecular flexibility index (Phi) is 4.45. The lowest BCUT2D eigenvalue weighted by molar-refractivity contribution is -0.111. The lowest BCUT2D eigenvalue weighted by atomic mass is 10.3. The Hall–Kier alpha value is -0.700. The van der Waals surface area contributed by atoms with E-state index in [1.165, 1.54) is 6.08 Å². The summed E-state index contributed by atoms with van der Waals surface area (Å²) < 4.78 is 0. The van der Waals surface area contributed by atoms with Crippen molar-refractivity contribution in [3.05, 3.63) is 39.4 Å². The molecular weight excluding hydrogens is 256 g/mol. The molecule has 0 saturated carbocycles. The Labute approximate surface area is 103 Å². The van der Waals surface area contributed by atoms with E-state index in [1.807, 2.05) is 0 Å². The molecule has 0 aliphatic rings. The number of hydrogen-bond acceptors (Lipinski definition) is 1. The zero-order valence-electron chi connectivity index (χ0n) is 7.85. The third-order valence-electron chi connectivity index (χ3n) is 1.52. The van der Waals surface area contributed by atoms with Crippen LogP contribution in [0, 0.1) is 0 Å². The highest BCUT2D eigenvalue weighted by Gasteiger charge is 2.02.